The molecule has 1 saturated heterocycles. The van der Waals surface area contributed by atoms with Gasteiger partial charge in [0, 0.05) is 0 Å². The van der Waals surface area contributed by atoms with Gasteiger partial charge in [-0.05, 0) is 0 Å². The van der Waals surface area contributed by atoms with E-state index >= 15 is 0 Å². The first kappa shape index (κ1) is 7.12. The maximum atomic E-state index is 8.29. The minimum absolute atomic E-state index is 0.125. The summed E-state index contributed by atoms with van der Waals surface area (Å²) in [6, 6.07) is 0. The van der Waals surface area contributed by atoms with Crippen molar-refractivity contribution < 1.29 is 15.6 Å². The third-order valence-electron chi connectivity index (χ3n) is 1.05. The highest BCUT2D eigenvalue weighted by Gasteiger charge is 2.25. The van der Waals surface area contributed by atoms with Crippen molar-refractivity contribution in [1.29, 1.82) is 0 Å². The zero-order valence-corrected chi connectivity index (χ0v) is 5.18. The van der Waals surface area contributed by atoms with Crippen LogP contribution in [0.25, 0.3) is 0 Å². The normalized spacial score (nSPS) is 23.5. The standard InChI is InChI=1S/C3H5N5O3/c9-6-1-2(7-10)4-5-3(1)8-11/h9-11H,(H2,4,5,6,7,8). The Hall–Kier alpha value is -1.99. The van der Waals surface area contributed by atoms with Crippen LogP contribution in [0.4, 0.5) is 0 Å². The molecule has 0 aromatic rings. The topological polar surface area (TPSA) is 122 Å². The number of hydrazine groups is 1. The lowest BCUT2D eigenvalue weighted by Gasteiger charge is -1.88. The largest absolute Gasteiger partial charge is 0.410 e. The summed E-state index contributed by atoms with van der Waals surface area (Å²) < 4.78 is 0. The lowest BCUT2D eigenvalue weighted by molar-refractivity contribution is 0.312. The summed E-state index contributed by atoms with van der Waals surface area (Å²) in [6.07, 6.45) is 0. The van der Waals surface area contributed by atoms with E-state index in [1.54, 1.807) is 0 Å². The van der Waals surface area contributed by atoms with E-state index in [1.807, 2.05) is 0 Å². The van der Waals surface area contributed by atoms with Gasteiger partial charge in [0.05, 0.1) is 0 Å². The molecule has 1 heterocycles. The molecular weight excluding hydrogens is 154 g/mol. The Morgan fingerprint density at radius 2 is 1.27 bits per heavy atom. The Balaban J connectivity index is 2.98. The number of nitrogens with one attached hydrogen (secondary N) is 2. The third kappa shape index (κ3) is 1.000. The van der Waals surface area contributed by atoms with E-state index in [9.17, 15) is 0 Å². The zero-order chi connectivity index (χ0) is 8.27. The first-order chi connectivity index (χ1) is 5.33. The molecule has 1 rings (SSSR count). The fourth-order valence-electron chi connectivity index (χ4n) is 0.588. The molecule has 0 atom stereocenters. The summed E-state index contributed by atoms with van der Waals surface area (Å²) in [5.74, 6) is -0.249. The maximum Gasteiger partial charge on any atom is 0.217 e. The molecule has 1 aliphatic rings. The summed E-state index contributed by atoms with van der Waals surface area (Å²) in [5, 5.41) is 32.9. The molecule has 1 fully saturated rings. The zero-order valence-electron chi connectivity index (χ0n) is 5.18. The molecule has 8 nitrogen and oxygen atoms in total. The van der Waals surface area contributed by atoms with Crippen molar-refractivity contribution in [2.45, 2.75) is 0 Å². The minimum atomic E-state index is -0.171. The predicted octanol–water partition coefficient (Wildman–Crippen LogP) is -1.50. The number of hydrogen-bond donors (Lipinski definition) is 5. The van der Waals surface area contributed by atoms with Crippen molar-refractivity contribution in [2.75, 3.05) is 0 Å². The summed E-state index contributed by atoms with van der Waals surface area (Å²) >= 11 is 0. The van der Waals surface area contributed by atoms with Crippen LogP contribution in [0.2, 0.25) is 0 Å². The monoisotopic (exact) mass is 159 g/mol. The van der Waals surface area contributed by atoms with Crippen molar-refractivity contribution in [3.8, 4) is 0 Å². The predicted molar refractivity (Wildman–Crippen MR) is 33.9 cm³/mol. The Bertz CT molecular complexity index is 221. The van der Waals surface area contributed by atoms with Crippen LogP contribution in [0.3, 0.4) is 0 Å². The number of nitrogens with zero attached hydrogens (tertiary/aromatic N) is 3. The molecule has 0 saturated carbocycles. The van der Waals surface area contributed by atoms with Gasteiger partial charge in [-0.15, -0.1) is 0 Å². The van der Waals surface area contributed by atoms with Gasteiger partial charge in [-0.25, -0.2) is 0 Å². The third-order valence-corrected chi connectivity index (χ3v) is 1.05. The van der Waals surface area contributed by atoms with E-state index < -0.39 is 0 Å². The number of oxime groups is 3. The van der Waals surface area contributed by atoms with Crippen molar-refractivity contribution in [3.63, 3.8) is 0 Å². The Labute approximate surface area is 60.5 Å². The van der Waals surface area contributed by atoms with Gasteiger partial charge in [0.25, 0.3) is 0 Å². The number of rotatable bonds is 0. The van der Waals surface area contributed by atoms with Gasteiger partial charge in [0.15, 0.2) is 5.71 Å². The van der Waals surface area contributed by atoms with Crippen molar-refractivity contribution in [1.82, 2.24) is 10.9 Å². The van der Waals surface area contributed by atoms with E-state index in [2.05, 4.69) is 26.3 Å². The lowest BCUT2D eigenvalue weighted by atomic mass is 10.3. The smallest absolute Gasteiger partial charge is 0.217 e. The van der Waals surface area contributed by atoms with Crippen molar-refractivity contribution >= 4 is 17.4 Å². The van der Waals surface area contributed by atoms with Crippen molar-refractivity contribution in [2.24, 2.45) is 15.5 Å². The van der Waals surface area contributed by atoms with Gasteiger partial charge in [-0.3, -0.25) is 10.9 Å². The summed E-state index contributed by atoms with van der Waals surface area (Å²) in [7, 11) is 0. The molecular formula is C3H5N5O3. The molecule has 0 aliphatic carbocycles. The highest BCUT2D eigenvalue weighted by atomic mass is 16.4. The van der Waals surface area contributed by atoms with E-state index in [4.69, 9.17) is 15.6 Å². The van der Waals surface area contributed by atoms with Gasteiger partial charge >= 0.3 is 0 Å². The van der Waals surface area contributed by atoms with E-state index in [0.717, 1.165) is 0 Å². The number of amidine groups is 2. The summed E-state index contributed by atoms with van der Waals surface area (Å²) in [4.78, 5) is 0. The summed E-state index contributed by atoms with van der Waals surface area (Å²) in [6.45, 7) is 0. The van der Waals surface area contributed by atoms with E-state index in [-0.39, 0.29) is 17.4 Å². The molecule has 0 unspecified atom stereocenters. The van der Waals surface area contributed by atoms with Crippen molar-refractivity contribution in [3.05, 3.63) is 0 Å². The van der Waals surface area contributed by atoms with Gasteiger partial charge in [-0.1, -0.05) is 15.5 Å². The molecule has 0 amide bonds. The fourth-order valence-corrected chi connectivity index (χ4v) is 0.588. The van der Waals surface area contributed by atoms with Crippen LogP contribution < -0.4 is 10.9 Å². The van der Waals surface area contributed by atoms with E-state index in [0.29, 0.717) is 0 Å². The van der Waals surface area contributed by atoms with Crippen LogP contribution in [0.15, 0.2) is 15.5 Å². The second kappa shape index (κ2) is 2.73. The number of hydrogen-bond acceptors (Lipinski definition) is 6. The Kier molecular flexibility index (Phi) is 1.77. The quantitative estimate of drug-likeness (QED) is 0.217. The second-order valence-electron chi connectivity index (χ2n) is 1.60. The van der Waals surface area contributed by atoms with Crippen LogP contribution in [-0.4, -0.2) is 33.0 Å². The molecule has 5 N–H and O–H groups in total. The molecule has 0 radical (unpaired) electrons. The second-order valence-corrected chi connectivity index (χ2v) is 1.60. The highest BCUT2D eigenvalue weighted by molar-refractivity contribution is 6.69. The van der Waals surface area contributed by atoms with Crippen LogP contribution >= 0.6 is 0 Å². The average Bonchev–Trinajstić information content (AvgIpc) is 2.45. The first-order valence-electron chi connectivity index (χ1n) is 2.52. The fraction of sp³-hybridized carbons (Fsp3) is 0. The Morgan fingerprint density at radius 3 is 1.55 bits per heavy atom. The molecule has 60 valence electrons. The molecule has 1 aliphatic heterocycles. The summed E-state index contributed by atoms with van der Waals surface area (Å²) in [5.41, 5.74) is 4.38. The van der Waals surface area contributed by atoms with Gasteiger partial charge in [-0.2, -0.15) is 0 Å². The minimum Gasteiger partial charge on any atom is -0.410 e. The van der Waals surface area contributed by atoms with Crippen LogP contribution in [0.5, 0.6) is 0 Å². The highest BCUT2D eigenvalue weighted by Crippen LogP contribution is 1.89. The lowest BCUT2D eigenvalue weighted by Crippen LogP contribution is -2.28. The van der Waals surface area contributed by atoms with Gasteiger partial charge < -0.3 is 15.6 Å². The van der Waals surface area contributed by atoms with Crippen LogP contribution in [0, 0.1) is 0 Å². The molecule has 0 spiro atoms. The molecule has 0 aromatic heterocycles. The average molecular weight is 159 g/mol. The molecule has 8 heteroatoms. The molecule has 0 aromatic carbocycles. The van der Waals surface area contributed by atoms with E-state index in [1.165, 1.54) is 0 Å². The maximum absolute atomic E-state index is 8.29. The SMILES string of the molecule is ON=C1NNC(=NO)C1=NO. The Morgan fingerprint density at radius 1 is 0.818 bits per heavy atom. The molecule has 11 heavy (non-hydrogen) atoms. The molecule has 0 bridgehead atoms. The van der Waals surface area contributed by atoms with Gasteiger partial charge in [0.1, 0.15) is 0 Å². The van der Waals surface area contributed by atoms with Crippen LogP contribution in [0.1, 0.15) is 0 Å². The van der Waals surface area contributed by atoms with Crippen LogP contribution in [-0.2, 0) is 0 Å². The van der Waals surface area contributed by atoms with Gasteiger partial charge in [0.2, 0.25) is 11.7 Å². The first-order valence-corrected chi connectivity index (χ1v) is 2.52.